The molecule has 9 heteroatoms. The molecule has 0 amide bonds. The number of carbonyl (C=O) groups is 1. The highest BCUT2D eigenvalue weighted by Gasteiger charge is 2.23. The van der Waals surface area contributed by atoms with Crippen molar-refractivity contribution in [2.45, 2.75) is 20.3 Å². The molecule has 3 rings (SSSR count). The summed E-state index contributed by atoms with van der Waals surface area (Å²) >= 11 is 7.48. The first-order valence-corrected chi connectivity index (χ1v) is 10.5. The van der Waals surface area contributed by atoms with Crippen LogP contribution in [0.3, 0.4) is 0 Å². The molecule has 0 saturated carbocycles. The molecule has 0 saturated heterocycles. The number of carbonyl (C=O) groups excluding carboxylic acids is 1. The highest BCUT2D eigenvalue weighted by Crippen LogP contribution is 2.36. The monoisotopic (exact) mass is 434 g/mol. The van der Waals surface area contributed by atoms with E-state index >= 15 is 0 Å². The predicted octanol–water partition coefficient (Wildman–Crippen LogP) is 3.92. The number of methoxy groups -OCH3 is 1. The van der Waals surface area contributed by atoms with E-state index in [-0.39, 0.29) is 17.9 Å². The maximum atomic E-state index is 12.5. The average Bonchev–Trinajstić information content (AvgIpc) is 3.05. The minimum atomic E-state index is -0.385. The van der Waals surface area contributed by atoms with E-state index in [0.717, 1.165) is 36.3 Å². The van der Waals surface area contributed by atoms with Gasteiger partial charge in [0.2, 0.25) is 5.28 Å². The maximum absolute atomic E-state index is 12.5. The number of anilines is 1. The summed E-state index contributed by atoms with van der Waals surface area (Å²) < 4.78 is 10.2. The largest absolute Gasteiger partial charge is 0.459 e. The Balaban J connectivity index is 1.92. The molecule has 0 aliphatic carbocycles. The van der Waals surface area contributed by atoms with Crippen LogP contribution in [0.2, 0.25) is 5.28 Å². The van der Waals surface area contributed by atoms with Crippen LogP contribution in [0.4, 0.5) is 5.82 Å². The molecule has 0 aliphatic rings. The zero-order valence-electron chi connectivity index (χ0n) is 16.6. The second-order valence-corrected chi connectivity index (χ2v) is 7.70. The van der Waals surface area contributed by atoms with Crippen molar-refractivity contribution in [1.29, 1.82) is 0 Å². The Labute approximate surface area is 178 Å². The van der Waals surface area contributed by atoms with Gasteiger partial charge in [-0.05, 0) is 55.1 Å². The summed E-state index contributed by atoms with van der Waals surface area (Å²) in [6.07, 6.45) is 4.42. The summed E-state index contributed by atoms with van der Waals surface area (Å²) in [4.78, 5) is 28.7. The quantitative estimate of drug-likeness (QED) is 0.287. The number of pyridine rings is 1. The number of likely N-dealkylation sites (N-methyl/N-ethyl adjacent to an activating group) is 1. The molecule has 0 radical (unpaired) electrons. The minimum absolute atomic E-state index is 0.162. The summed E-state index contributed by atoms with van der Waals surface area (Å²) in [6.45, 7) is 6.02. The van der Waals surface area contributed by atoms with Gasteiger partial charge in [-0.25, -0.2) is 9.78 Å². The molecule has 154 valence electrons. The number of rotatable bonds is 9. The van der Waals surface area contributed by atoms with Crippen LogP contribution in [0.15, 0.2) is 24.5 Å². The van der Waals surface area contributed by atoms with E-state index < -0.39 is 0 Å². The van der Waals surface area contributed by atoms with Crippen LogP contribution < -0.4 is 4.90 Å². The number of thiophene rings is 1. The lowest BCUT2D eigenvalue weighted by Crippen LogP contribution is -2.26. The fourth-order valence-corrected chi connectivity index (χ4v) is 4.31. The molecular weight excluding hydrogens is 412 g/mol. The Hall–Kier alpha value is -2.29. The Bertz CT molecular complexity index is 981. The topological polar surface area (TPSA) is 77.4 Å². The van der Waals surface area contributed by atoms with E-state index in [9.17, 15) is 4.79 Å². The standard InChI is InChI=1S/C20H23ClN4O3S/c1-4-25(10-7-14-5-8-22-9-6-14)17-15-13(2)16(19(26)28-12-11-27-3)29-18(15)24-20(21)23-17/h5-6,8-9H,4,7,10-12H2,1-3H3. The van der Waals surface area contributed by atoms with E-state index in [2.05, 4.69) is 26.8 Å². The zero-order valence-corrected chi connectivity index (χ0v) is 18.2. The summed E-state index contributed by atoms with van der Waals surface area (Å²) in [5, 5.41) is 1.00. The van der Waals surface area contributed by atoms with E-state index in [4.69, 9.17) is 21.1 Å². The molecule has 3 heterocycles. The van der Waals surface area contributed by atoms with Crippen LogP contribution in [-0.2, 0) is 15.9 Å². The lowest BCUT2D eigenvalue weighted by molar-refractivity contribution is 0.0393. The van der Waals surface area contributed by atoms with Crippen molar-refractivity contribution in [3.05, 3.63) is 45.8 Å². The van der Waals surface area contributed by atoms with Gasteiger partial charge >= 0.3 is 5.97 Å². The molecule has 0 atom stereocenters. The molecule has 3 aromatic heterocycles. The maximum Gasteiger partial charge on any atom is 0.348 e. The van der Waals surface area contributed by atoms with Crippen LogP contribution >= 0.6 is 22.9 Å². The Morgan fingerprint density at radius 1 is 1.24 bits per heavy atom. The van der Waals surface area contributed by atoms with Crippen molar-refractivity contribution in [3.8, 4) is 0 Å². The van der Waals surface area contributed by atoms with Crippen LogP contribution in [0.1, 0.15) is 27.7 Å². The number of fused-ring (bicyclic) bond motifs is 1. The lowest BCUT2D eigenvalue weighted by Gasteiger charge is -2.23. The summed E-state index contributed by atoms with van der Waals surface area (Å²) in [5.74, 6) is 0.353. The first-order valence-electron chi connectivity index (χ1n) is 9.31. The minimum Gasteiger partial charge on any atom is -0.459 e. The number of esters is 1. The number of hydrogen-bond acceptors (Lipinski definition) is 8. The average molecular weight is 435 g/mol. The number of halogens is 1. The van der Waals surface area contributed by atoms with Crippen LogP contribution in [0.25, 0.3) is 10.2 Å². The molecule has 0 spiro atoms. The van der Waals surface area contributed by atoms with Gasteiger partial charge in [-0.15, -0.1) is 11.3 Å². The van der Waals surface area contributed by atoms with Crippen molar-refractivity contribution >= 4 is 44.9 Å². The molecule has 0 N–H and O–H groups in total. The third kappa shape index (κ3) is 5.01. The van der Waals surface area contributed by atoms with Gasteiger partial charge < -0.3 is 14.4 Å². The number of ether oxygens (including phenoxy) is 2. The van der Waals surface area contributed by atoms with Crippen LogP contribution in [0.5, 0.6) is 0 Å². The van der Waals surface area contributed by atoms with Crippen molar-refractivity contribution in [1.82, 2.24) is 15.0 Å². The van der Waals surface area contributed by atoms with Crippen molar-refractivity contribution in [2.75, 3.05) is 38.3 Å². The van der Waals surface area contributed by atoms with Gasteiger partial charge in [-0.3, -0.25) is 4.98 Å². The third-order valence-corrected chi connectivity index (χ3v) is 5.89. The Morgan fingerprint density at radius 2 is 2.00 bits per heavy atom. The number of aryl methyl sites for hydroxylation is 1. The van der Waals surface area contributed by atoms with Crippen molar-refractivity contribution in [2.24, 2.45) is 0 Å². The predicted molar refractivity (Wildman–Crippen MR) is 115 cm³/mol. The van der Waals surface area contributed by atoms with Gasteiger partial charge in [0.1, 0.15) is 22.1 Å². The molecule has 3 aromatic rings. The van der Waals surface area contributed by atoms with Crippen LogP contribution in [0, 0.1) is 6.92 Å². The van der Waals surface area contributed by atoms with E-state index in [1.54, 1.807) is 19.5 Å². The number of aromatic nitrogens is 3. The van der Waals surface area contributed by atoms with Gasteiger partial charge in [0.25, 0.3) is 0 Å². The number of hydrogen-bond donors (Lipinski definition) is 0. The molecular formula is C20H23ClN4O3S. The number of nitrogens with zero attached hydrogens (tertiary/aromatic N) is 4. The summed E-state index contributed by atoms with van der Waals surface area (Å²) in [5.41, 5.74) is 2.00. The van der Waals surface area contributed by atoms with Gasteiger partial charge in [-0.1, -0.05) is 0 Å². The van der Waals surface area contributed by atoms with Gasteiger partial charge in [0, 0.05) is 32.6 Å². The van der Waals surface area contributed by atoms with E-state index in [1.807, 2.05) is 19.1 Å². The molecule has 7 nitrogen and oxygen atoms in total. The van der Waals surface area contributed by atoms with Crippen LogP contribution in [-0.4, -0.2) is 54.3 Å². The first-order chi connectivity index (χ1) is 14.0. The molecule has 0 aliphatic heterocycles. The van der Waals surface area contributed by atoms with Crippen molar-refractivity contribution in [3.63, 3.8) is 0 Å². The normalized spacial score (nSPS) is 11.0. The smallest absolute Gasteiger partial charge is 0.348 e. The van der Waals surface area contributed by atoms with Gasteiger partial charge in [0.15, 0.2) is 0 Å². The summed E-state index contributed by atoms with van der Waals surface area (Å²) in [7, 11) is 1.56. The fourth-order valence-electron chi connectivity index (χ4n) is 3.03. The molecule has 0 unspecified atom stereocenters. The van der Waals surface area contributed by atoms with E-state index in [1.165, 1.54) is 16.9 Å². The second kappa shape index (κ2) is 9.96. The first kappa shape index (κ1) is 21.4. The zero-order chi connectivity index (χ0) is 20.8. The third-order valence-electron chi connectivity index (χ3n) is 4.55. The second-order valence-electron chi connectivity index (χ2n) is 6.37. The van der Waals surface area contributed by atoms with Gasteiger partial charge in [-0.2, -0.15) is 4.98 Å². The van der Waals surface area contributed by atoms with E-state index in [0.29, 0.717) is 16.3 Å². The molecule has 0 bridgehead atoms. The summed E-state index contributed by atoms with van der Waals surface area (Å²) in [6, 6.07) is 4.00. The lowest BCUT2D eigenvalue weighted by atomic mass is 10.1. The highest BCUT2D eigenvalue weighted by atomic mass is 35.5. The Kier molecular flexibility index (Phi) is 7.35. The highest BCUT2D eigenvalue weighted by molar-refractivity contribution is 7.20. The Morgan fingerprint density at radius 3 is 2.69 bits per heavy atom. The molecule has 0 fully saturated rings. The SMILES string of the molecule is CCN(CCc1ccncc1)c1nc(Cl)nc2sc(C(=O)OCCOC)c(C)c12. The van der Waals surface area contributed by atoms with Crippen molar-refractivity contribution < 1.29 is 14.3 Å². The van der Waals surface area contributed by atoms with Gasteiger partial charge in [0.05, 0.1) is 12.0 Å². The molecule has 29 heavy (non-hydrogen) atoms. The molecule has 0 aromatic carbocycles. The fraction of sp³-hybridized carbons (Fsp3) is 0.400.